The number of aryl methyl sites for hydroxylation is 2. The number of nitro groups is 1. The molecule has 0 amide bonds. The van der Waals surface area contributed by atoms with Gasteiger partial charge in [-0.1, -0.05) is 17.7 Å². The van der Waals surface area contributed by atoms with Gasteiger partial charge in [0.25, 0.3) is 11.6 Å². The van der Waals surface area contributed by atoms with Gasteiger partial charge in [-0.25, -0.2) is 0 Å². The van der Waals surface area contributed by atoms with E-state index < -0.39 is 17.0 Å². The molecule has 0 aliphatic heterocycles. The molecule has 0 aliphatic carbocycles. The number of ether oxygens (including phenoxy) is 1. The van der Waals surface area contributed by atoms with Gasteiger partial charge in [-0.05, 0) is 38.1 Å². The average Bonchev–Trinajstić information content (AvgIpc) is 3.49. The fraction of sp³-hybridized carbons (Fsp3) is 0.227. The number of carbonyl (C=O) groups is 1. The first-order valence-electron chi connectivity index (χ1n) is 10.1. The van der Waals surface area contributed by atoms with Crippen molar-refractivity contribution in [2.75, 3.05) is 0 Å². The van der Waals surface area contributed by atoms with E-state index in [2.05, 4.69) is 20.4 Å². The second-order valence-corrected chi connectivity index (χ2v) is 7.25. The molecule has 1 atom stereocenters. The average molecular weight is 449 g/mol. The molecule has 0 saturated carbocycles. The van der Waals surface area contributed by atoms with Crippen molar-refractivity contribution in [2.24, 2.45) is 0 Å². The van der Waals surface area contributed by atoms with Crippen LogP contribution >= 0.6 is 0 Å². The SMILES string of the molecule is Cc1ccc(-c2nnc(CCC(=O)OC(C)c3nnc(-c4ccc([N+](=O)[O-])cc4)o3)o2)cc1. The van der Waals surface area contributed by atoms with Crippen LogP contribution in [0.3, 0.4) is 0 Å². The number of benzene rings is 2. The highest BCUT2D eigenvalue weighted by atomic mass is 16.6. The van der Waals surface area contributed by atoms with Crippen molar-refractivity contribution < 1.29 is 23.3 Å². The molecule has 0 saturated heterocycles. The molecule has 2 aromatic carbocycles. The Morgan fingerprint density at radius 2 is 1.58 bits per heavy atom. The van der Waals surface area contributed by atoms with Gasteiger partial charge in [-0.2, -0.15) is 0 Å². The summed E-state index contributed by atoms with van der Waals surface area (Å²) in [5.41, 5.74) is 2.39. The van der Waals surface area contributed by atoms with E-state index >= 15 is 0 Å². The van der Waals surface area contributed by atoms with Crippen LogP contribution in [-0.4, -0.2) is 31.3 Å². The molecule has 0 radical (unpaired) electrons. The van der Waals surface area contributed by atoms with Gasteiger partial charge in [0.1, 0.15) is 0 Å². The van der Waals surface area contributed by atoms with Crippen LogP contribution in [0.15, 0.2) is 57.4 Å². The van der Waals surface area contributed by atoms with E-state index in [9.17, 15) is 14.9 Å². The lowest BCUT2D eigenvalue weighted by atomic mass is 10.1. The first kappa shape index (κ1) is 21.8. The molecule has 11 nitrogen and oxygen atoms in total. The number of non-ortho nitro benzene ring substituents is 1. The number of esters is 1. The summed E-state index contributed by atoms with van der Waals surface area (Å²) < 4.78 is 16.5. The third kappa shape index (κ3) is 5.26. The van der Waals surface area contributed by atoms with Gasteiger partial charge in [0.05, 0.1) is 11.3 Å². The molecule has 0 bridgehead atoms. The first-order valence-corrected chi connectivity index (χ1v) is 10.1. The Kier molecular flexibility index (Phi) is 6.20. The molecule has 2 aromatic heterocycles. The van der Waals surface area contributed by atoms with Crippen molar-refractivity contribution in [1.82, 2.24) is 20.4 Å². The highest BCUT2D eigenvalue weighted by Crippen LogP contribution is 2.25. The lowest BCUT2D eigenvalue weighted by Gasteiger charge is -2.08. The van der Waals surface area contributed by atoms with E-state index in [1.165, 1.54) is 24.3 Å². The van der Waals surface area contributed by atoms with Crippen LogP contribution in [0.25, 0.3) is 22.9 Å². The molecule has 0 N–H and O–H groups in total. The summed E-state index contributed by atoms with van der Waals surface area (Å²) in [6.45, 7) is 3.59. The molecule has 33 heavy (non-hydrogen) atoms. The third-order valence-corrected chi connectivity index (χ3v) is 4.73. The number of carbonyl (C=O) groups excluding carboxylic acids is 1. The van der Waals surface area contributed by atoms with Gasteiger partial charge in [-0.3, -0.25) is 14.9 Å². The van der Waals surface area contributed by atoms with Crippen LogP contribution in [0.4, 0.5) is 5.69 Å². The molecule has 11 heteroatoms. The van der Waals surface area contributed by atoms with Crippen molar-refractivity contribution in [3.05, 3.63) is 76.0 Å². The standard InChI is InChI=1S/C22H19N5O6/c1-13-3-5-15(6-4-13)21-25-23-18(32-21)11-12-19(28)31-14(2)20-24-26-22(33-20)16-7-9-17(10-8-16)27(29)30/h3-10,14H,11-12H2,1-2H3. The van der Waals surface area contributed by atoms with E-state index in [4.69, 9.17) is 13.6 Å². The molecule has 168 valence electrons. The highest BCUT2D eigenvalue weighted by molar-refractivity contribution is 5.69. The molecular formula is C22H19N5O6. The van der Waals surface area contributed by atoms with Crippen molar-refractivity contribution in [1.29, 1.82) is 0 Å². The Hall–Kier alpha value is -4.41. The van der Waals surface area contributed by atoms with Crippen LogP contribution in [-0.2, 0) is 16.0 Å². The Morgan fingerprint density at radius 3 is 2.24 bits per heavy atom. The van der Waals surface area contributed by atoms with E-state index in [1.807, 2.05) is 31.2 Å². The predicted octanol–water partition coefficient (Wildman–Crippen LogP) is 4.24. The normalized spacial score (nSPS) is 11.8. The van der Waals surface area contributed by atoms with Crippen LogP contribution in [0, 0.1) is 17.0 Å². The fourth-order valence-electron chi connectivity index (χ4n) is 2.92. The molecule has 4 aromatic rings. The number of nitro benzene ring substituents is 1. The molecule has 1 unspecified atom stereocenters. The number of rotatable bonds is 8. The van der Waals surface area contributed by atoms with Gasteiger partial charge in [-0.15, -0.1) is 20.4 Å². The van der Waals surface area contributed by atoms with E-state index in [0.29, 0.717) is 17.3 Å². The first-order chi connectivity index (χ1) is 15.9. The molecule has 0 spiro atoms. The summed E-state index contributed by atoms with van der Waals surface area (Å²) in [5.74, 6) is 0.492. The lowest BCUT2D eigenvalue weighted by molar-refractivity contribution is -0.384. The molecule has 0 fully saturated rings. The van der Waals surface area contributed by atoms with Crippen LogP contribution < -0.4 is 0 Å². The zero-order chi connectivity index (χ0) is 23.4. The van der Waals surface area contributed by atoms with Gasteiger partial charge in [0, 0.05) is 29.7 Å². The zero-order valence-corrected chi connectivity index (χ0v) is 17.8. The number of aromatic nitrogens is 4. The Bertz CT molecular complexity index is 1260. The third-order valence-electron chi connectivity index (χ3n) is 4.73. The topological polar surface area (TPSA) is 147 Å². The summed E-state index contributed by atoms with van der Waals surface area (Å²) in [6.07, 6.45) is -0.520. The number of hydrogen-bond acceptors (Lipinski definition) is 10. The second-order valence-electron chi connectivity index (χ2n) is 7.25. The predicted molar refractivity (Wildman–Crippen MR) is 114 cm³/mol. The minimum atomic E-state index is -0.775. The van der Waals surface area contributed by atoms with Crippen molar-refractivity contribution in [3.8, 4) is 22.9 Å². The smallest absolute Gasteiger partial charge is 0.307 e. The van der Waals surface area contributed by atoms with Gasteiger partial charge >= 0.3 is 5.97 Å². The van der Waals surface area contributed by atoms with Crippen LogP contribution in [0.5, 0.6) is 0 Å². The van der Waals surface area contributed by atoms with Crippen molar-refractivity contribution in [2.45, 2.75) is 32.8 Å². The minimum Gasteiger partial charge on any atom is -0.453 e. The van der Waals surface area contributed by atoms with E-state index in [0.717, 1.165) is 11.1 Å². The molecule has 4 rings (SSSR count). The number of nitrogens with zero attached hydrogens (tertiary/aromatic N) is 5. The molecular weight excluding hydrogens is 430 g/mol. The Labute approximate surface area is 187 Å². The maximum Gasteiger partial charge on any atom is 0.307 e. The quantitative estimate of drug-likeness (QED) is 0.217. The zero-order valence-electron chi connectivity index (χ0n) is 17.8. The maximum absolute atomic E-state index is 12.2. The second kappa shape index (κ2) is 9.39. The number of hydrogen-bond donors (Lipinski definition) is 0. The van der Waals surface area contributed by atoms with Crippen molar-refractivity contribution >= 4 is 11.7 Å². The van der Waals surface area contributed by atoms with Crippen molar-refractivity contribution in [3.63, 3.8) is 0 Å². The van der Waals surface area contributed by atoms with E-state index in [1.54, 1.807) is 6.92 Å². The van der Waals surface area contributed by atoms with Crippen LogP contribution in [0.1, 0.15) is 36.8 Å². The molecule has 2 heterocycles. The summed E-state index contributed by atoms with van der Waals surface area (Å²) in [7, 11) is 0. The Balaban J connectivity index is 1.31. The van der Waals surface area contributed by atoms with Gasteiger partial charge in [0.2, 0.25) is 17.7 Å². The highest BCUT2D eigenvalue weighted by Gasteiger charge is 2.20. The summed E-state index contributed by atoms with van der Waals surface area (Å²) in [4.78, 5) is 22.5. The summed E-state index contributed by atoms with van der Waals surface area (Å²) in [6, 6.07) is 13.3. The maximum atomic E-state index is 12.2. The summed E-state index contributed by atoms with van der Waals surface area (Å²) in [5, 5.41) is 26.5. The summed E-state index contributed by atoms with van der Waals surface area (Å²) >= 11 is 0. The van der Waals surface area contributed by atoms with Crippen LogP contribution in [0.2, 0.25) is 0 Å². The minimum absolute atomic E-state index is 0.0310. The van der Waals surface area contributed by atoms with Gasteiger partial charge in [0.15, 0.2) is 6.10 Å². The lowest BCUT2D eigenvalue weighted by Crippen LogP contribution is -2.10. The monoisotopic (exact) mass is 449 g/mol. The Morgan fingerprint density at radius 1 is 0.970 bits per heavy atom. The fourth-order valence-corrected chi connectivity index (χ4v) is 2.92. The van der Waals surface area contributed by atoms with E-state index in [-0.39, 0.29) is 30.3 Å². The van der Waals surface area contributed by atoms with Gasteiger partial charge < -0.3 is 13.6 Å². The largest absolute Gasteiger partial charge is 0.453 e. The molecule has 0 aliphatic rings.